The molecule has 1 aliphatic heterocycles. The minimum Gasteiger partial charge on any atom is -0.490 e. The fourth-order valence-electron chi connectivity index (χ4n) is 2.37. The van der Waals surface area contributed by atoms with Gasteiger partial charge in [-0.05, 0) is 37.4 Å². The van der Waals surface area contributed by atoms with E-state index in [1.165, 1.54) is 12.1 Å². The van der Waals surface area contributed by atoms with Gasteiger partial charge >= 0.3 is 0 Å². The Morgan fingerprint density at radius 2 is 1.94 bits per heavy atom. The number of hydrogen-bond acceptors (Lipinski definition) is 2. The molecule has 0 bridgehead atoms. The molecule has 0 N–H and O–H groups in total. The molecule has 1 heterocycles. The lowest BCUT2D eigenvalue weighted by atomic mass is 10.0. The summed E-state index contributed by atoms with van der Waals surface area (Å²) < 4.78 is 19.3. The van der Waals surface area contributed by atoms with Gasteiger partial charge in [-0.3, -0.25) is 0 Å². The second kappa shape index (κ2) is 5.70. The Kier molecular flexibility index (Phi) is 4.23. The lowest BCUT2D eigenvalue weighted by Crippen LogP contribution is -2.35. The van der Waals surface area contributed by atoms with Crippen molar-refractivity contribution in [2.45, 2.75) is 38.7 Å². The third kappa shape index (κ3) is 3.22. The van der Waals surface area contributed by atoms with Crippen LogP contribution in [0, 0.1) is 5.82 Å². The summed E-state index contributed by atoms with van der Waals surface area (Å²) >= 11 is 0. The minimum atomic E-state index is -0.220. The van der Waals surface area contributed by atoms with Gasteiger partial charge in [0.15, 0.2) is 0 Å². The summed E-state index contributed by atoms with van der Waals surface area (Å²) in [6.07, 6.45) is 2.26. The molecule has 0 unspecified atom stereocenters. The van der Waals surface area contributed by atoms with Crippen molar-refractivity contribution in [3.8, 4) is 5.75 Å². The molecular weight excluding hydrogens is 229 g/mol. The van der Waals surface area contributed by atoms with Gasteiger partial charge in [0.1, 0.15) is 17.7 Å². The van der Waals surface area contributed by atoms with Gasteiger partial charge in [0.2, 0.25) is 0 Å². The van der Waals surface area contributed by atoms with Crippen molar-refractivity contribution in [2.75, 3.05) is 20.1 Å². The first-order valence-electron chi connectivity index (χ1n) is 6.71. The van der Waals surface area contributed by atoms with Crippen LogP contribution in [0.1, 0.15) is 38.2 Å². The third-order valence-corrected chi connectivity index (χ3v) is 3.56. The summed E-state index contributed by atoms with van der Waals surface area (Å²) in [7, 11) is 2.12. The van der Waals surface area contributed by atoms with E-state index in [2.05, 4.69) is 25.8 Å². The number of likely N-dealkylation sites (tertiary alicyclic amines) is 1. The molecule has 3 heteroatoms. The highest BCUT2D eigenvalue weighted by Crippen LogP contribution is 2.29. The van der Waals surface area contributed by atoms with Crippen LogP contribution in [0.4, 0.5) is 4.39 Å². The van der Waals surface area contributed by atoms with Gasteiger partial charge in [0.05, 0.1) is 0 Å². The Bertz CT molecular complexity index is 397. The maximum Gasteiger partial charge on any atom is 0.126 e. The number of halogens is 1. The predicted molar refractivity (Wildman–Crippen MR) is 71.6 cm³/mol. The SMILES string of the molecule is CC(C)c1ccc(F)cc1OC1CCN(C)CC1. The molecule has 0 saturated carbocycles. The molecule has 1 aromatic rings. The molecule has 0 spiro atoms. The third-order valence-electron chi connectivity index (χ3n) is 3.56. The van der Waals surface area contributed by atoms with Gasteiger partial charge in [-0.15, -0.1) is 0 Å². The zero-order valence-corrected chi connectivity index (χ0v) is 11.4. The van der Waals surface area contributed by atoms with E-state index < -0.39 is 0 Å². The van der Waals surface area contributed by atoms with E-state index in [1.807, 2.05) is 6.07 Å². The van der Waals surface area contributed by atoms with Crippen molar-refractivity contribution in [2.24, 2.45) is 0 Å². The van der Waals surface area contributed by atoms with E-state index in [-0.39, 0.29) is 11.9 Å². The zero-order chi connectivity index (χ0) is 13.1. The van der Waals surface area contributed by atoms with Crippen LogP contribution in [-0.2, 0) is 0 Å². The second-order valence-corrected chi connectivity index (χ2v) is 5.46. The van der Waals surface area contributed by atoms with Gasteiger partial charge in [0, 0.05) is 19.2 Å². The van der Waals surface area contributed by atoms with E-state index in [0.29, 0.717) is 5.92 Å². The van der Waals surface area contributed by atoms with Crippen LogP contribution in [-0.4, -0.2) is 31.1 Å². The largest absolute Gasteiger partial charge is 0.490 e. The van der Waals surface area contributed by atoms with Crippen LogP contribution in [0.25, 0.3) is 0 Å². The average molecular weight is 251 g/mol. The van der Waals surface area contributed by atoms with E-state index in [9.17, 15) is 4.39 Å². The summed E-state index contributed by atoms with van der Waals surface area (Å²) in [5.41, 5.74) is 1.09. The molecule has 2 rings (SSSR count). The van der Waals surface area contributed by atoms with Crippen molar-refractivity contribution < 1.29 is 9.13 Å². The maximum atomic E-state index is 13.3. The van der Waals surface area contributed by atoms with Crippen LogP contribution < -0.4 is 4.74 Å². The van der Waals surface area contributed by atoms with Crippen LogP contribution in [0.5, 0.6) is 5.75 Å². The molecule has 2 nitrogen and oxygen atoms in total. The van der Waals surface area contributed by atoms with Crippen molar-refractivity contribution in [3.05, 3.63) is 29.6 Å². The zero-order valence-electron chi connectivity index (χ0n) is 11.4. The number of hydrogen-bond donors (Lipinski definition) is 0. The number of piperidine rings is 1. The Morgan fingerprint density at radius 1 is 1.28 bits per heavy atom. The standard InChI is InChI=1S/C15H22FNO/c1-11(2)14-5-4-12(16)10-15(14)18-13-6-8-17(3)9-7-13/h4-5,10-11,13H,6-9H2,1-3H3. The molecule has 0 aliphatic carbocycles. The first-order chi connectivity index (χ1) is 8.56. The fourth-order valence-corrected chi connectivity index (χ4v) is 2.37. The number of benzene rings is 1. The van der Waals surface area contributed by atoms with Crippen LogP contribution in [0.2, 0.25) is 0 Å². The highest BCUT2D eigenvalue weighted by Gasteiger charge is 2.20. The summed E-state index contributed by atoms with van der Waals surface area (Å²) in [5.74, 6) is 0.855. The van der Waals surface area contributed by atoms with E-state index in [0.717, 1.165) is 37.2 Å². The smallest absolute Gasteiger partial charge is 0.126 e. The maximum absolute atomic E-state index is 13.3. The average Bonchev–Trinajstić information content (AvgIpc) is 2.32. The highest BCUT2D eigenvalue weighted by atomic mass is 19.1. The van der Waals surface area contributed by atoms with Crippen LogP contribution in [0.3, 0.4) is 0 Å². The van der Waals surface area contributed by atoms with Gasteiger partial charge in [0.25, 0.3) is 0 Å². The highest BCUT2D eigenvalue weighted by molar-refractivity contribution is 5.36. The first-order valence-corrected chi connectivity index (χ1v) is 6.71. The number of nitrogens with zero attached hydrogens (tertiary/aromatic N) is 1. The van der Waals surface area contributed by atoms with Gasteiger partial charge in [-0.1, -0.05) is 19.9 Å². The molecule has 100 valence electrons. The molecule has 0 amide bonds. The molecular formula is C15H22FNO. The number of ether oxygens (including phenoxy) is 1. The van der Waals surface area contributed by atoms with Crippen molar-refractivity contribution in [1.82, 2.24) is 4.90 Å². The second-order valence-electron chi connectivity index (χ2n) is 5.46. The predicted octanol–water partition coefficient (Wildman–Crippen LogP) is 3.42. The quantitative estimate of drug-likeness (QED) is 0.816. The van der Waals surface area contributed by atoms with Crippen molar-refractivity contribution in [3.63, 3.8) is 0 Å². The van der Waals surface area contributed by atoms with Gasteiger partial charge in [-0.2, -0.15) is 0 Å². The summed E-state index contributed by atoms with van der Waals surface area (Å²) in [6, 6.07) is 4.87. The van der Waals surface area contributed by atoms with Crippen molar-refractivity contribution in [1.29, 1.82) is 0 Å². The van der Waals surface area contributed by atoms with Crippen LogP contribution in [0.15, 0.2) is 18.2 Å². The minimum absolute atomic E-state index is 0.220. The molecule has 1 aliphatic rings. The topological polar surface area (TPSA) is 12.5 Å². The molecule has 1 aromatic carbocycles. The fraction of sp³-hybridized carbons (Fsp3) is 0.600. The molecule has 1 fully saturated rings. The Morgan fingerprint density at radius 3 is 2.56 bits per heavy atom. The first kappa shape index (κ1) is 13.3. The molecule has 0 radical (unpaired) electrons. The Balaban J connectivity index is 2.10. The van der Waals surface area contributed by atoms with E-state index in [1.54, 1.807) is 0 Å². The monoisotopic (exact) mass is 251 g/mol. The van der Waals surface area contributed by atoms with Gasteiger partial charge < -0.3 is 9.64 Å². The van der Waals surface area contributed by atoms with Gasteiger partial charge in [-0.25, -0.2) is 4.39 Å². The Hall–Kier alpha value is -1.09. The number of rotatable bonds is 3. The normalized spacial score (nSPS) is 18.3. The Labute approximate surface area is 109 Å². The summed E-state index contributed by atoms with van der Waals surface area (Å²) in [5, 5.41) is 0. The lowest BCUT2D eigenvalue weighted by Gasteiger charge is -2.30. The van der Waals surface area contributed by atoms with E-state index in [4.69, 9.17) is 4.74 Å². The summed E-state index contributed by atoms with van der Waals surface area (Å²) in [6.45, 7) is 6.32. The molecule has 0 atom stereocenters. The molecule has 1 saturated heterocycles. The lowest BCUT2D eigenvalue weighted by molar-refractivity contribution is 0.113. The molecule has 0 aromatic heterocycles. The van der Waals surface area contributed by atoms with Crippen LogP contribution >= 0.6 is 0 Å². The van der Waals surface area contributed by atoms with E-state index >= 15 is 0 Å². The molecule has 18 heavy (non-hydrogen) atoms. The van der Waals surface area contributed by atoms with Crippen molar-refractivity contribution >= 4 is 0 Å². The summed E-state index contributed by atoms with van der Waals surface area (Å²) in [4.78, 5) is 2.30.